The predicted octanol–water partition coefficient (Wildman–Crippen LogP) is 2.24. The summed E-state index contributed by atoms with van der Waals surface area (Å²) in [6.45, 7) is 7.53. The van der Waals surface area contributed by atoms with Crippen LogP contribution in [0.3, 0.4) is 0 Å². The number of nitrogens with zero attached hydrogens (tertiary/aromatic N) is 8. The van der Waals surface area contributed by atoms with Crippen molar-refractivity contribution in [2.75, 3.05) is 57.0 Å². The number of tetrazole rings is 1. The Morgan fingerprint density at radius 3 is 2.69 bits per heavy atom. The fourth-order valence-electron chi connectivity index (χ4n) is 5.23. The zero-order valence-electron chi connectivity index (χ0n) is 28.0. The number of carboxylic acid groups (broad SMARTS) is 1. The first-order valence-electron chi connectivity index (χ1n) is 15.7. The van der Waals surface area contributed by atoms with E-state index in [0.717, 1.165) is 5.69 Å². The first-order chi connectivity index (χ1) is 23.2. The fraction of sp³-hybridized carbons (Fsp3) is 0.452. The molecule has 0 aliphatic carbocycles. The summed E-state index contributed by atoms with van der Waals surface area (Å²) in [5.41, 5.74) is 1.05. The minimum atomic E-state index is -0.921. The molecular weight excluding hydrogens is 654 g/mol. The minimum Gasteiger partial charge on any atom is -0.477 e. The van der Waals surface area contributed by atoms with Gasteiger partial charge in [0.25, 0.3) is 11.5 Å². The first kappa shape index (κ1) is 35.1. The number of amides is 2. The molecule has 260 valence electrons. The number of anilines is 2. The van der Waals surface area contributed by atoms with Gasteiger partial charge in [0, 0.05) is 23.5 Å². The van der Waals surface area contributed by atoms with E-state index in [1.165, 1.54) is 28.0 Å². The molecule has 1 aliphatic heterocycles. The molecule has 1 atom stereocenters. The Bertz CT molecular complexity index is 1910. The molecule has 0 radical (unpaired) electrons. The maximum Gasteiger partial charge on any atom is 0.407 e. The van der Waals surface area contributed by atoms with Gasteiger partial charge in [0.2, 0.25) is 0 Å². The van der Waals surface area contributed by atoms with Crippen molar-refractivity contribution < 1.29 is 28.7 Å². The number of carbonyl (C=O) groups excluding carboxylic acids is 2. The highest BCUT2D eigenvalue weighted by Crippen LogP contribution is 2.27. The van der Waals surface area contributed by atoms with Gasteiger partial charge in [-0.25, -0.2) is 19.6 Å². The number of quaternary nitrogens is 1. The maximum atomic E-state index is 14.0. The third-order valence-corrected chi connectivity index (χ3v) is 8.61. The summed E-state index contributed by atoms with van der Waals surface area (Å²) in [5.74, 6) is -0.713. The molecule has 0 unspecified atom stereocenters. The largest absolute Gasteiger partial charge is 0.477 e. The van der Waals surface area contributed by atoms with E-state index in [-0.39, 0.29) is 46.5 Å². The molecule has 4 aromatic heterocycles. The van der Waals surface area contributed by atoms with E-state index in [1.807, 2.05) is 31.1 Å². The zero-order chi connectivity index (χ0) is 35.3. The van der Waals surface area contributed by atoms with Crippen LogP contribution in [0.15, 0.2) is 28.5 Å². The molecule has 0 saturated carbocycles. The average molecular weight is 695 g/mol. The lowest BCUT2D eigenvalue weighted by Gasteiger charge is -2.34. The predicted molar refractivity (Wildman–Crippen MR) is 183 cm³/mol. The summed E-state index contributed by atoms with van der Waals surface area (Å²) < 4.78 is 7.21. The van der Waals surface area contributed by atoms with Crippen molar-refractivity contribution in [3.05, 3.63) is 56.7 Å². The number of aliphatic carboxylic acids is 1. The highest BCUT2D eigenvalue weighted by atomic mass is 32.1. The van der Waals surface area contributed by atoms with Crippen LogP contribution in [0, 0.1) is 0 Å². The molecule has 4 N–H and O–H groups in total. The lowest BCUT2D eigenvalue weighted by molar-refractivity contribution is -0.881. The standard InChI is InChI=1S/C31H39N11O6S/c1-31(2,3)22-18-49-29(33-22)35-27(45)19-8-11-24-34-26(21(28(46)41(24)15-19)9-10-23-36-38-39-37-23)40-13-6-7-20(16-40)48-30(47)32-12-14-42(4,5)17-25(43)44/h8-11,15,18,20H,6-7,12-14,16-17H2,1-5H3,(H3-,32,33,35,36,37,38,39,43,44,45,47)/p+1/b10-9+/t20-/m1/s1. The van der Waals surface area contributed by atoms with Crippen LogP contribution in [0.5, 0.6) is 0 Å². The molecule has 18 heteroatoms. The maximum absolute atomic E-state index is 14.0. The van der Waals surface area contributed by atoms with Crippen LogP contribution >= 0.6 is 11.3 Å². The Hall–Kier alpha value is -5.23. The van der Waals surface area contributed by atoms with Gasteiger partial charge >= 0.3 is 12.1 Å². The molecule has 1 fully saturated rings. The number of aromatic amines is 1. The number of nitrogens with one attached hydrogen (secondary N) is 3. The van der Waals surface area contributed by atoms with Crippen molar-refractivity contribution in [2.24, 2.45) is 0 Å². The molecule has 5 rings (SSSR count). The van der Waals surface area contributed by atoms with E-state index >= 15 is 0 Å². The number of fused-ring (bicyclic) bond motifs is 1. The van der Waals surface area contributed by atoms with Crippen LogP contribution in [0.2, 0.25) is 0 Å². The number of hydrogen-bond donors (Lipinski definition) is 4. The van der Waals surface area contributed by atoms with Gasteiger partial charge in [0.15, 0.2) is 17.5 Å². The lowest BCUT2D eigenvalue weighted by atomic mass is 9.93. The number of H-pyrrole nitrogens is 1. The van der Waals surface area contributed by atoms with Crippen molar-refractivity contribution in [3.63, 3.8) is 0 Å². The fourth-order valence-corrected chi connectivity index (χ4v) is 6.16. The second-order valence-corrected chi connectivity index (χ2v) is 14.3. The third-order valence-electron chi connectivity index (χ3n) is 7.85. The highest BCUT2D eigenvalue weighted by molar-refractivity contribution is 7.14. The van der Waals surface area contributed by atoms with Gasteiger partial charge < -0.3 is 24.5 Å². The molecule has 0 bridgehead atoms. The van der Waals surface area contributed by atoms with E-state index in [1.54, 1.807) is 32.3 Å². The van der Waals surface area contributed by atoms with E-state index in [4.69, 9.17) is 14.8 Å². The number of pyridine rings is 1. The summed E-state index contributed by atoms with van der Waals surface area (Å²) in [4.78, 5) is 62.2. The SMILES string of the molecule is CC(C)(C)c1csc(NC(=O)c2ccc3nc(N4CCC[C@@H](OC(=O)NCC[N+](C)(C)CC(=O)O)C4)c(/C=C/c4nn[nH]n4)c(=O)n3c2)n1. The van der Waals surface area contributed by atoms with Crippen LogP contribution in [0.1, 0.15) is 61.1 Å². The summed E-state index contributed by atoms with van der Waals surface area (Å²) >= 11 is 1.33. The number of likely N-dealkylation sites (N-methyl/N-ethyl adjacent to an activating group) is 1. The lowest BCUT2D eigenvalue weighted by Crippen LogP contribution is -2.49. The number of rotatable bonds is 11. The molecule has 2 amide bonds. The van der Waals surface area contributed by atoms with Gasteiger partial charge in [0.05, 0.1) is 50.6 Å². The van der Waals surface area contributed by atoms with Gasteiger partial charge in [-0.3, -0.25) is 19.3 Å². The molecular formula is C31H40N11O6S+. The van der Waals surface area contributed by atoms with E-state index in [2.05, 4.69) is 36.2 Å². The Morgan fingerprint density at radius 2 is 2.00 bits per heavy atom. The van der Waals surface area contributed by atoms with Crippen molar-refractivity contribution in [1.29, 1.82) is 0 Å². The topological polar surface area (TPSA) is 210 Å². The molecule has 1 aliphatic rings. The van der Waals surface area contributed by atoms with E-state index in [9.17, 15) is 19.2 Å². The van der Waals surface area contributed by atoms with Gasteiger partial charge in [-0.05, 0) is 42.3 Å². The molecule has 5 heterocycles. The normalized spacial score (nSPS) is 15.4. The quantitative estimate of drug-likeness (QED) is 0.167. The number of carbonyl (C=O) groups is 3. The van der Waals surface area contributed by atoms with Gasteiger partial charge in [-0.2, -0.15) is 5.21 Å². The van der Waals surface area contributed by atoms with Gasteiger partial charge in [0.1, 0.15) is 17.6 Å². The number of carboxylic acids is 1. The summed E-state index contributed by atoms with van der Waals surface area (Å²) in [6, 6.07) is 3.20. The number of alkyl carbamates (subject to hydrolysis) is 1. The van der Waals surface area contributed by atoms with Crippen molar-refractivity contribution >= 4 is 58.1 Å². The van der Waals surface area contributed by atoms with Gasteiger partial charge in [-0.15, -0.1) is 21.5 Å². The second-order valence-electron chi connectivity index (χ2n) is 13.4. The van der Waals surface area contributed by atoms with Gasteiger partial charge in [-0.1, -0.05) is 20.8 Å². The van der Waals surface area contributed by atoms with E-state index in [0.29, 0.717) is 42.5 Å². The number of hydrogen-bond acceptors (Lipinski definition) is 12. The first-order valence-corrected chi connectivity index (χ1v) is 16.5. The van der Waals surface area contributed by atoms with Crippen LogP contribution in [-0.2, 0) is 14.9 Å². The Kier molecular flexibility index (Phi) is 10.4. The molecule has 0 spiro atoms. The number of piperidine rings is 1. The summed E-state index contributed by atoms with van der Waals surface area (Å²) in [7, 11) is 3.54. The third kappa shape index (κ3) is 9.02. The second kappa shape index (κ2) is 14.5. The Balaban J connectivity index is 1.37. The van der Waals surface area contributed by atoms with Crippen LogP contribution in [-0.4, -0.2) is 115 Å². The van der Waals surface area contributed by atoms with Crippen molar-refractivity contribution in [3.8, 4) is 0 Å². The summed E-state index contributed by atoms with van der Waals surface area (Å²) in [5, 5.41) is 30.7. The number of thiazole rings is 1. The molecule has 49 heavy (non-hydrogen) atoms. The number of aromatic nitrogens is 7. The smallest absolute Gasteiger partial charge is 0.407 e. The van der Waals surface area contributed by atoms with Crippen molar-refractivity contribution in [1.82, 2.24) is 40.3 Å². The zero-order valence-corrected chi connectivity index (χ0v) is 28.8. The Labute approximate surface area is 285 Å². The molecule has 1 saturated heterocycles. The molecule has 4 aromatic rings. The van der Waals surface area contributed by atoms with E-state index < -0.39 is 29.6 Å². The highest BCUT2D eigenvalue weighted by Gasteiger charge is 2.28. The molecule has 17 nitrogen and oxygen atoms in total. The van der Waals surface area contributed by atoms with Crippen LogP contribution in [0.25, 0.3) is 17.8 Å². The molecule has 0 aromatic carbocycles. The van der Waals surface area contributed by atoms with Crippen molar-refractivity contribution in [2.45, 2.75) is 45.1 Å². The minimum absolute atomic E-state index is 0.0733. The summed E-state index contributed by atoms with van der Waals surface area (Å²) in [6.07, 6.45) is 4.70. The monoisotopic (exact) mass is 694 g/mol. The average Bonchev–Trinajstić information content (AvgIpc) is 3.72. The van der Waals surface area contributed by atoms with Crippen LogP contribution < -0.4 is 21.1 Å². The van der Waals surface area contributed by atoms with Crippen LogP contribution in [0.4, 0.5) is 15.7 Å². The number of ether oxygens (including phenoxy) is 1. The Morgan fingerprint density at radius 1 is 1.20 bits per heavy atom.